The number of alkyl halides is 13. The molecule has 0 radical (unpaired) electrons. The Bertz CT molecular complexity index is 1490. The van der Waals surface area contributed by atoms with Gasteiger partial charge in [-0.15, -0.1) is 17.6 Å². The van der Waals surface area contributed by atoms with Crippen LogP contribution < -0.4 is 14.2 Å². The molecule has 6 nitrogen and oxygen atoms in total. The minimum absolute atomic E-state index is 0.00145. The summed E-state index contributed by atoms with van der Waals surface area (Å²) in [7, 11) is 4.86. The molecule has 0 aromatic heterocycles. The molecule has 346 valence electrons. The lowest BCUT2D eigenvalue weighted by Crippen LogP contribution is -2.22. The van der Waals surface area contributed by atoms with Crippen molar-refractivity contribution in [2.75, 3.05) is 62.3 Å². The van der Waals surface area contributed by atoms with E-state index in [1.54, 1.807) is 62.8 Å². The molecule has 0 aliphatic heterocycles. The van der Waals surface area contributed by atoms with Crippen molar-refractivity contribution in [3.63, 3.8) is 0 Å². The number of ether oxygens (including phenoxy) is 4. The molecule has 4 aromatic carbocycles. The lowest BCUT2D eigenvalue weighted by molar-refractivity contribution is -0.237. The van der Waals surface area contributed by atoms with E-state index in [1.807, 2.05) is 24.3 Å². The molecule has 0 N–H and O–H groups in total. The third kappa shape index (κ3) is 33.1. The Morgan fingerprint density at radius 1 is 0.492 bits per heavy atom. The lowest BCUT2D eigenvalue weighted by atomic mass is 9.74. The summed E-state index contributed by atoms with van der Waals surface area (Å²) in [4.78, 5) is 22.3. The normalized spacial score (nSPS) is 9.64. The van der Waals surface area contributed by atoms with E-state index in [0.29, 0.717) is 22.6 Å². The Hall–Kier alpha value is -5.33. The molecule has 0 atom stereocenters. The highest BCUT2D eigenvalue weighted by atomic mass is 19.5. The maximum absolute atomic E-state index is 11.1. The molecule has 0 saturated heterocycles. The molecule has 0 bridgehead atoms. The molecule has 19 heteroatoms. The molecule has 0 aliphatic rings. The van der Waals surface area contributed by atoms with Crippen LogP contribution in [0.1, 0.15) is 66.0 Å². The molecule has 0 aliphatic carbocycles. The summed E-state index contributed by atoms with van der Waals surface area (Å²) >= 11 is 0. The van der Waals surface area contributed by atoms with Crippen LogP contribution in [0.4, 0.5) is 57.1 Å². The number of benzene rings is 4. The van der Waals surface area contributed by atoms with Gasteiger partial charge in [0, 0.05) is 23.7 Å². The third-order valence-electron chi connectivity index (χ3n) is 7.20. The van der Waals surface area contributed by atoms with Gasteiger partial charge in [0.25, 0.3) is 0 Å². The molecule has 4 rings (SSSR count). The van der Waals surface area contributed by atoms with Gasteiger partial charge in [-0.25, -0.2) is 39.5 Å². The van der Waals surface area contributed by atoms with Crippen molar-refractivity contribution in [1.29, 1.82) is 0 Å². The molecule has 61 heavy (non-hydrogen) atoms. The van der Waals surface area contributed by atoms with Crippen LogP contribution in [0.15, 0.2) is 97.1 Å². The number of halogens is 13. The highest BCUT2D eigenvalue weighted by molar-refractivity contribution is 5.94. The summed E-state index contributed by atoms with van der Waals surface area (Å²) in [6, 6.07) is 30.5. The Balaban J connectivity index is -0.000000362. The molecule has 0 heterocycles. The number of hydrogen-bond acceptors (Lipinski definition) is 6. The van der Waals surface area contributed by atoms with Crippen LogP contribution in [0.5, 0.6) is 23.0 Å². The molecule has 0 fully saturated rings. The SMILES string of the molecule is CC(=O)c1ccc(Oc2ccc(C(C)=O)cc2)cc1.CCC(C)(c1ccc(OC)cc1)c1ccc(OC)cc1.COCCF.FC(F)(F)F.FCF.FCF.FCF.FCF. The standard InChI is InChI=1S/C18H22O2.C16H14O3.C3H7FO.CF4.4CH2F2/c1-5-18(2,14-6-10-16(19-3)11-7-14)15-8-12-17(20-4)13-9-15;1-11(17)13-3-7-15(8-4-13)19-16-9-5-14(6-10-16)12(2)18;1-5-3-2-4;2-1(3,4)5;4*2-1-3/h6-13H,5H2,1-4H3;3-10H,1-2H3;2-3H2,1H3;;4*1H2. The van der Waals surface area contributed by atoms with Gasteiger partial charge in [-0.05, 0) is 104 Å². The van der Waals surface area contributed by atoms with E-state index in [-0.39, 0.29) is 30.3 Å². The van der Waals surface area contributed by atoms with Gasteiger partial charge < -0.3 is 18.9 Å². The summed E-state index contributed by atoms with van der Waals surface area (Å²) in [5.74, 6) is 3.14. The first-order valence-corrected chi connectivity index (χ1v) is 17.2. The maximum Gasteiger partial charge on any atom is 0.559 e. The van der Waals surface area contributed by atoms with Gasteiger partial charge in [-0.2, -0.15) is 0 Å². The van der Waals surface area contributed by atoms with E-state index in [1.165, 1.54) is 32.1 Å². The quantitative estimate of drug-likeness (QED) is 0.110. The van der Waals surface area contributed by atoms with Gasteiger partial charge in [0.05, 0.1) is 20.8 Å². The van der Waals surface area contributed by atoms with Crippen molar-refractivity contribution >= 4 is 11.6 Å². The lowest BCUT2D eigenvalue weighted by Gasteiger charge is -2.30. The molecule has 0 saturated carbocycles. The fourth-order valence-corrected chi connectivity index (χ4v) is 4.22. The van der Waals surface area contributed by atoms with Crippen LogP contribution in [0, 0.1) is 0 Å². The fraction of sp³-hybridized carbons (Fsp3) is 0.381. The zero-order valence-corrected chi connectivity index (χ0v) is 34.6. The van der Waals surface area contributed by atoms with Crippen molar-refractivity contribution < 1.29 is 85.6 Å². The van der Waals surface area contributed by atoms with Crippen molar-refractivity contribution in [2.45, 2.75) is 46.0 Å². The predicted octanol–water partition coefficient (Wildman–Crippen LogP) is 13.9. The highest BCUT2D eigenvalue weighted by Crippen LogP contribution is 2.36. The van der Waals surface area contributed by atoms with Gasteiger partial charge in [0.1, 0.15) is 29.7 Å². The van der Waals surface area contributed by atoms with Crippen molar-refractivity contribution in [2.24, 2.45) is 0 Å². The zero-order chi connectivity index (χ0) is 47.9. The summed E-state index contributed by atoms with van der Waals surface area (Å²) in [5, 5.41) is 0. The Morgan fingerprint density at radius 3 is 0.902 bits per heavy atom. The second-order valence-electron chi connectivity index (χ2n) is 10.9. The van der Waals surface area contributed by atoms with E-state index in [2.05, 4.69) is 42.8 Å². The molecule has 4 aromatic rings. The first kappa shape index (κ1) is 62.3. The first-order chi connectivity index (χ1) is 28.8. The van der Waals surface area contributed by atoms with E-state index in [0.717, 1.165) is 17.9 Å². The minimum Gasteiger partial charge on any atom is -0.497 e. The Kier molecular flexibility index (Phi) is 39.7. The van der Waals surface area contributed by atoms with Crippen LogP contribution >= 0.6 is 0 Å². The van der Waals surface area contributed by atoms with E-state index < -0.39 is 34.1 Å². The van der Waals surface area contributed by atoms with Crippen molar-refractivity contribution in [3.05, 3.63) is 119 Å². The summed E-state index contributed by atoms with van der Waals surface area (Å²) in [6.45, 7) is 0.383. The number of hydrogen-bond donors (Lipinski definition) is 0. The van der Waals surface area contributed by atoms with E-state index in [4.69, 9.17) is 14.2 Å². The highest BCUT2D eigenvalue weighted by Gasteiger charge is 2.27. The maximum atomic E-state index is 11.1. The van der Waals surface area contributed by atoms with Gasteiger partial charge in [-0.3, -0.25) is 9.59 Å². The fourth-order valence-electron chi connectivity index (χ4n) is 4.22. The average molecular weight is 899 g/mol. The first-order valence-electron chi connectivity index (χ1n) is 17.2. The zero-order valence-electron chi connectivity index (χ0n) is 34.6. The Morgan fingerprint density at radius 2 is 0.738 bits per heavy atom. The van der Waals surface area contributed by atoms with Crippen LogP contribution in [0.2, 0.25) is 0 Å². The number of Topliss-reactive ketones (excluding diaryl/α,β-unsaturated/α-hetero) is 2. The van der Waals surface area contributed by atoms with Gasteiger partial charge in [0.15, 0.2) is 11.6 Å². The van der Waals surface area contributed by atoms with Gasteiger partial charge >= 0.3 is 6.43 Å². The monoisotopic (exact) mass is 898 g/mol. The number of rotatable bonds is 11. The van der Waals surface area contributed by atoms with Gasteiger partial charge in [0.2, 0.25) is 27.7 Å². The summed E-state index contributed by atoms with van der Waals surface area (Å²) in [5.41, 5.74) is 3.90. The summed E-state index contributed by atoms with van der Waals surface area (Å²) < 4.78 is 147. The third-order valence-corrected chi connectivity index (χ3v) is 7.20. The Labute approximate surface area is 347 Å². The second kappa shape index (κ2) is 38.8. The van der Waals surface area contributed by atoms with Crippen molar-refractivity contribution in [1.82, 2.24) is 0 Å². The smallest absolute Gasteiger partial charge is 0.497 e. The largest absolute Gasteiger partial charge is 0.559 e. The number of carbonyl (C=O) groups is 2. The van der Waals surface area contributed by atoms with Crippen LogP contribution in [-0.2, 0) is 10.2 Å². The summed E-state index contributed by atoms with van der Waals surface area (Å²) in [6.07, 6.45) is -4.47. The number of carbonyl (C=O) groups excluding carboxylic acids is 2. The average Bonchev–Trinajstić information content (AvgIpc) is 3.22. The number of methoxy groups -OCH3 is 3. The number of ketones is 2. The van der Waals surface area contributed by atoms with E-state index in [9.17, 15) is 66.7 Å². The minimum atomic E-state index is -5.50. The molecule has 0 unspecified atom stereocenters. The van der Waals surface area contributed by atoms with Crippen LogP contribution in [0.25, 0.3) is 0 Å². The van der Waals surface area contributed by atoms with Crippen LogP contribution in [0.3, 0.4) is 0 Å². The molecular weight excluding hydrogens is 847 g/mol. The topological polar surface area (TPSA) is 71.1 Å². The molecule has 0 amide bonds. The molecular formula is C42H51F13O6. The van der Waals surface area contributed by atoms with Crippen molar-refractivity contribution in [3.8, 4) is 23.0 Å². The molecule has 0 spiro atoms. The van der Waals surface area contributed by atoms with Crippen LogP contribution in [-0.4, -0.2) is 80.3 Å². The second-order valence-corrected chi connectivity index (χ2v) is 10.9. The van der Waals surface area contributed by atoms with Gasteiger partial charge in [-0.1, -0.05) is 38.1 Å². The predicted molar refractivity (Wildman–Crippen MR) is 209 cm³/mol. The van der Waals surface area contributed by atoms with E-state index >= 15 is 0 Å².